The van der Waals surface area contributed by atoms with Crippen molar-refractivity contribution in [3.8, 4) is 0 Å². The zero-order valence-electron chi connectivity index (χ0n) is 53.5. The molecule has 9 aromatic carbocycles. The van der Waals surface area contributed by atoms with Crippen molar-refractivity contribution >= 4 is 131 Å². The number of aliphatic imine (C=N–C) groups is 3. The lowest BCUT2D eigenvalue weighted by Gasteiger charge is -2.13. The first-order valence-corrected chi connectivity index (χ1v) is 32.7. The van der Waals surface area contributed by atoms with Crippen LogP contribution < -0.4 is 33.0 Å². The number of hydrogen-bond acceptors (Lipinski definition) is 9. The van der Waals surface area contributed by atoms with E-state index in [1.807, 2.05) is 130 Å². The Morgan fingerprint density at radius 1 is 0.388 bits per heavy atom. The predicted octanol–water partition coefficient (Wildman–Crippen LogP) is 13.5. The van der Waals surface area contributed by atoms with E-state index in [4.69, 9.17) is 61.4 Å². The molecule has 3 amide bonds. The predicted molar refractivity (Wildman–Crippen MR) is 389 cm³/mol. The third kappa shape index (κ3) is 13.6. The first-order chi connectivity index (χ1) is 47.0. The highest BCUT2D eigenvalue weighted by molar-refractivity contribution is 6.34. The number of H-pyrrole nitrogens is 3. The Kier molecular flexibility index (Phi) is 18.2. The number of aromatic nitrogens is 6. The van der Waals surface area contributed by atoms with E-state index in [9.17, 15) is 33.2 Å². The van der Waals surface area contributed by atoms with Gasteiger partial charge in [-0.05, 0) is 152 Å². The van der Waals surface area contributed by atoms with Crippen LogP contribution in [0.2, 0.25) is 20.1 Å². The van der Waals surface area contributed by atoms with E-state index in [0.717, 1.165) is 61.1 Å². The number of halogens is 5. The van der Waals surface area contributed by atoms with E-state index in [1.165, 1.54) is 10.6 Å². The highest BCUT2D eigenvalue weighted by Crippen LogP contribution is 2.34. The zero-order valence-corrected chi connectivity index (χ0v) is 56.6. The van der Waals surface area contributed by atoms with Gasteiger partial charge in [0.15, 0.2) is 0 Å². The Morgan fingerprint density at radius 2 is 0.735 bits per heavy atom. The SMILES string of the molecule is Cc1ccc(CC2N=C(c3ccc4c(c3)[nH]c(=O)n4C)c3cc(Cl)ccc3NC2=O)c(Cl)c1.Cc1ccc(CC2N=C(c3ccc4c(c3)[nH]c(=O)n4C)c3cc(Cl)ccc3NC2=O)c(F)c1.Cc1ccc(CC2N=C(c3ccc4c(c3)[nH]c(=O)n4C)c3cc(Cl)ccc3NC2=O)cc1. The van der Waals surface area contributed by atoms with E-state index in [-0.39, 0.29) is 47.0 Å². The second-order valence-electron chi connectivity index (χ2n) is 24.5. The molecule has 3 aliphatic heterocycles. The van der Waals surface area contributed by atoms with Gasteiger partial charge in [0.1, 0.15) is 23.9 Å². The summed E-state index contributed by atoms with van der Waals surface area (Å²) in [5.74, 6) is -1.09. The van der Waals surface area contributed by atoms with Crippen LogP contribution in [0.25, 0.3) is 33.1 Å². The van der Waals surface area contributed by atoms with Gasteiger partial charge in [0.25, 0.3) is 0 Å². The molecule has 98 heavy (non-hydrogen) atoms. The fourth-order valence-corrected chi connectivity index (χ4v) is 13.1. The van der Waals surface area contributed by atoms with Crippen molar-refractivity contribution in [2.24, 2.45) is 36.1 Å². The highest BCUT2D eigenvalue weighted by Gasteiger charge is 2.31. The molecule has 0 radical (unpaired) electrons. The van der Waals surface area contributed by atoms with E-state index >= 15 is 0 Å². The number of aryl methyl sites for hydroxylation is 6. The summed E-state index contributed by atoms with van der Waals surface area (Å²) in [7, 11) is 5.12. The van der Waals surface area contributed by atoms with Crippen molar-refractivity contribution < 1.29 is 18.8 Å². The first kappa shape index (κ1) is 65.9. The highest BCUT2D eigenvalue weighted by atomic mass is 35.5. The molecule has 0 saturated carbocycles. The van der Waals surface area contributed by atoms with Crippen LogP contribution in [0.3, 0.4) is 0 Å². The van der Waals surface area contributed by atoms with Crippen LogP contribution in [-0.2, 0) is 54.8 Å². The normalized spacial score (nSPS) is 15.7. The molecular weight excluding hydrogens is 1330 g/mol. The van der Waals surface area contributed by atoms with E-state index in [2.05, 4.69) is 30.9 Å². The number of nitrogens with one attached hydrogen (secondary N) is 6. The number of amides is 3. The number of anilines is 3. The number of rotatable bonds is 9. The van der Waals surface area contributed by atoms with Crippen LogP contribution in [0.5, 0.6) is 0 Å². The maximum Gasteiger partial charge on any atom is 0.326 e. The van der Waals surface area contributed by atoms with Gasteiger partial charge in [0, 0.05) is 93.9 Å². The topological polar surface area (TPSA) is 238 Å². The van der Waals surface area contributed by atoms with Gasteiger partial charge in [-0.15, -0.1) is 0 Å². The Morgan fingerprint density at radius 3 is 1.11 bits per heavy atom. The van der Waals surface area contributed by atoms with Gasteiger partial charge in [-0.2, -0.15) is 0 Å². The minimum Gasteiger partial charge on any atom is -0.324 e. The number of fused-ring (bicyclic) bond motifs is 6. The van der Waals surface area contributed by atoms with Crippen LogP contribution in [0.15, 0.2) is 199 Å². The third-order valence-electron chi connectivity index (χ3n) is 17.6. The molecule has 0 saturated heterocycles. The van der Waals surface area contributed by atoms with Crippen molar-refractivity contribution in [2.75, 3.05) is 16.0 Å². The molecule has 12 aromatic rings. The number of aromatic amines is 3. The molecule has 0 spiro atoms. The van der Waals surface area contributed by atoms with Crippen LogP contribution in [0.1, 0.15) is 66.8 Å². The first-order valence-electron chi connectivity index (χ1n) is 31.2. The number of benzodiazepines with no additional fused rings is 3. The van der Waals surface area contributed by atoms with Crippen LogP contribution in [0.4, 0.5) is 21.5 Å². The van der Waals surface area contributed by atoms with Gasteiger partial charge in [-0.25, -0.2) is 18.8 Å². The van der Waals surface area contributed by atoms with Crippen LogP contribution in [-0.4, -0.2) is 81.6 Å². The van der Waals surface area contributed by atoms with E-state index < -0.39 is 18.1 Å². The molecule has 23 heteroatoms. The van der Waals surface area contributed by atoms with Gasteiger partial charge >= 0.3 is 17.1 Å². The molecule has 492 valence electrons. The smallest absolute Gasteiger partial charge is 0.324 e. The average Bonchev–Trinajstić information content (AvgIpc) is 1.62. The second kappa shape index (κ2) is 27.1. The monoisotopic (exact) mass is 1380 g/mol. The minimum atomic E-state index is -0.853. The lowest BCUT2D eigenvalue weighted by Crippen LogP contribution is -2.28. The molecule has 6 N–H and O–H groups in total. The van der Waals surface area contributed by atoms with E-state index in [0.29, 0.717) is 106 Å². The fourth-order valence-electron chi connectivity index (χ4n) is 12.2. The Bertz CT molecular complexity index is 5340. The summed E-state index contributed by atoms with van der Waals surface area (Å²) < 4.78 is 19.2. The van der Waals surface area contributed by atoms with Gasteiger partial charge < -0.3 is 30.9 Å². The Hall–Kier alpha value is -10.7. The Labute approximate surface area is 579 Å². The number of imidazole rings is 3. The molecule has 15 rings (SSSR count). The number of benzene rings is 9. The molecule has 3 atom stereocenters. The summed E-state index contributed by atoms with van der Waals surface area (Å²) in [5, 5.41) is 11.1. The van der Waals surface area contributed by atoms with Crippen molar-refractivity contribution in [2.45, 2.75) is 58.2 Å². The standard InChI is InChI=1S/C25H20Cl2N4O2.C25H20ClFN4O2.C25H21ClN4O2/c2*1-13-3-4-14(18(27)9-13)10-21-24(32)29-19-7-6-16(26)12-17(19)23(28-21)15-5-8-22-20(11-15)30-25(33)31(22)2;1-14-3-5-15(6-4-14)11-21-24(31)28-19-9-8-17(26)13-18(19)23(27-21)16-7-10-22-20(12-16)29-25(32)30(22)2/h2*3-9,11-12,21H,10H2,1-2H3,(H,29,32)(H,30,33);3-10,12-13,21H,11H2,1-2H3,(H,28,31)(H,29,32). The molecule has 0 bridgehead atoms. The molecule has 6 heterocycles. The summed E-state index contributed by atoms with van der Waals surface area (Å²) in [6.07, 6.45) is 0.927. The number of carbonyl (C=O) groups excluding carboxylic acids is 3. The summed E-state index contributed by atoms with van der Waals surface area (Å²) in [6, 6.07) is 49.2. The van der Waals surface area contributed by atoms with Gasteiger partial charge in [-0.1, -0.05) is 119 Å². The molecule has 0 aliphatic carbocycles. The minimum absolute atomic E-state index is 0.105. The number of carbonyl (C=O) groups is 3. The summed E-state index contributed by atoms with van der Waals surface area (Å²) in [4.78, 5) is 98.6. The number of hydrogen-bond donors (Lipinski definition) is 6. The van der Waals surface area contributed by atoms with Gasteiger partial charge in [-0.3, -0.25) is 43.1 Å². The maximum atomic E-state index is 14.6. The second-order valence-corrected chi connectivity index (χ2v) is 26.2. The summed E-state index contributed by atoms with van der Waals surface area (Å²) in [6.45, 7) is 5.81. The quantitative estimate of drug-likeness (QED) is 0.0821. The van der Waals surface area contributed by atoms with Crippen molar-refractivity contribution in [1.82, 2.24) is 28.7 Å². The van der Waals surface area contributed by atoms with Gasteiger partial charge in [0.2, 0.25) is 17.7 Å². The molecular formula is C75H61Cl4FN12O6. The molecule has 3 unspecified atom stereocenters. The third-order valence-corrected chi connectivity index (χ3v) is 18.6. The lowest BCUT2D eigenvalue weighted by molar-refractivity contribution is -0.118. The largest absolute Gasteiger partial charge is 0.326 e. The molecule has 3 aliphatic rings. The van der Waals surface area contributed by atoms with Crippen molar-refractivity contribution in [3.63, 3.8) is 0 Å². The maximum absolute atomic E-state index is 14.6. The molecule has 0 fully saturated rings. The van der Waals surface area contributed by atoms with Gasteiger partial charge in [0.05, 0.1) is 67.3 Å². The fraction of sp³-hybridized carbons (Fsp3) is 0.160. The molecule has 3 aromatic heterocycles. The Balaban J connectivity index is 0.000000132. The average molecular weight is 1390 g/mol. The lowest BCUT2D eigenvalue weighted by atomic mass is 9.99. The van der Waals surface area contributed by atoms with Crippen LogP contribution in [0, 0.1) is 26.6 Å². The van der Waals surface area contributed by atoms with Crippen LogP contribution >= 0.6 is 46.4 Å². The van der Waals surface area contributed by atoms with Crippen molar-refractivity contribution in [3.05, 3.63) is 294 Å². The number of nitrogens with zero attached hydrogens (tertiary/aromatic N) is 6. The molecule has 18 nitrogen and oxygen atoms in total. The summed E-state index contributed by atoms with van der Waals surface area (Å²) in [5.41, 5.74) is 17.1. The summed E-state index contributed by atoms with van der Waals surface area (Å²) >= 11 is 25.3. The van der Waals surface area contributed by atoms with E-state index in [1.54, 1.807) is 84.9 Å². The van der Waals surface area contributed by atoms with Crippen molar-refractivity contribution in [1.29, 1.82) is 0 Å². The zero-order chi connectivity index (χ0) is 69.0.